The molecular weight excluding hydrogens is 399 g/mol. The highest BCUT2D eigenvalue weighted by Crippen LogP contribution is 2.38. The van der Waals surface area contributed by atoms with Crippen LogP contribution in [0.5, 0.6) is 5.75 Å². The van der Waals surface area contributed by atoms with Gasteiger partial charge in [-0.1, -0.05) is 26.7 Å². The van der Waals surface area contributed by atoms with E-state index in [-0.39, 0.29) is 12.4 Å². The molecule has 160 valence electrons. The number of benzene rings is 1. The molecule has 0 aliphatic carbocycles. The van der Waals surface area contributed by atoms with Gasteiger partial charge in [0.25, 0.3) is 0 Å². The maximum Gasteiger partial charge on any atom is 0.420 e. The van der Waals surface area contributed by atoms with Gasteiger partial charge in [-0.3, -0.25) is 4.90 Å². The van der Waals surface area contributed by atoms with Crippen LogP contribution < -0.4 is 10.1 Å². The lowest BCUT2D eigenvalue weighted by atomic mass is 10.1. The minimum absolute atomic E-state index is 0.123. The summed E-state index contributed by atoms with van der Waals surface area (Å²) in [6.45, 7) is 7.47. The molecule has 1 aromatic heterocycles. The molecule has 0 saturated carbocycles. The van der Waals surface area contributed by atoms with Crippen molar-refractivity contribution in [2.45, 2.75) is 52.3 Å². The standard InChI is InChI=1S/C21H28F3N3OS/c1-3-4-5-10-28-19-7-6-16(11-18(19)21(22,23)24)25-20-26-17(14-29-20)13-27-9-8-15(2)12-27/h6-7,11,14-15H,3-5,8-10,12-13H2,1-2H3,(H,25,26). The van der Waals surface area contributed by atoms with E-state index in [1.54, 1.807) is 6.07 Å². The number of halogens is 3. The van der Waals surface area contributed by atoms with Gasteiger partial charge in [-0.15, -0.1) is 11.3 Å². The number of aromatic nitrogens is 1. The zero-order chi connectivity index (χ0) is 20.9. The molecule has 0 bridgehead atoms. The second kappa shape index (κ2) is 9.80. The molecule has 1 aromatic carbocycles. The van der Waals surface area contributed by atoms with E-state index in [4.69, 9.17) is 4.74 Å². The van der Waals surface area contributed by atoms with Crippen LogP contribution in [0.3, 0.4) is 0 Å². The molecule has 1 aliphatic heterocycles. The molecule has 2 aromatic rings. The summed E-state index contributed by atoms with van der Waals surface area (Å²) in [7, 11) is 0. The normalized spacial score (nSPS) is 17.6. The molecule has 1 aliphatic rings. The summed E-state index contributed by atoms with van der Waals surface area (Å²) in [5.74, 6) is 0.580. The molecule has 1 N–H and O–H groups in total. The third-order valence-electron chi connectivity index (χ3n) is 4.99. The number of ether oxygens (including phenoxy) is 1. The zero-order valence-corrected chi connectivity index (χ0v) is 17.7. The average molecular weight is 428 g/mol. The van der Waals surface area contributed by atoms with Crippen LogP contribution in [0.2, 0.25) is 0 Å². The quantitative estimate of drug-likeness (QED) is 0.476. The van der Waals surface area contributed by atoms with Gasteiger partial charge in [-0.2, -0.15) is 13.2 Å². The number of hydrogen-bond acceptors (Lipinski definition) is 5. The smallest absolute Gasteiger partial charge is 0.420 e. The first-order valence-electron chi connectivity index (χ1n) is 10.1. The predicted molar refractivity (Wildman–Crippen MR) is 111 cm³/mol. The molecule has 1 atom stereocenters. The highest BCUT2D eigenvalue weighted by molar-refractivity contribution is 7.13. The topological polar surface area (TPSA) is 37.4 Å². The second-order valence-corrected chi connectivity index (χ2v) is 8.52. The summed E-state index contributed by atoms with van der Waals surface area (Å²) in [5.41, 5.74) is 0.536. The Labute approximate surface area is 174 Å². The molecule has 3 rings (SSSR count). The third-order valence-corrected chi connectivity index (χ3v) is 5.79. The first-order chi connectivity index (χ1) is 13.8. The fraction of sp³-hybridized carbons (Fsp3) is 0.571. The van der Waals surface area contributed by atoms with Crippen LogP contribution in [0.4, 0.5) is 24.0 Å². The van der Waals surface area contributed by atoms with E-state index in [9.17, 15) is 13.2 Å². The van der Waals surface area contributed by atoms with Gasteiger partial charge in [-0.05, 0) is 43.5 Å². The Morgan fingerprint density at radius 1 is 1.31 bits per heavy atom. The van der Waals surface area contributed by atoms with Gasteiger partial charge in [-0.25, -0.2) is 4.98 Å². The zero-order valence-electron chi connectivity index (χ0n) is 16.9. The summed E-state index contributed by atoms with van der Waals surface area (Å²) < 4.78 is 45.8. The SMILES string of the molecule is CCCCCOc1ccc(Nc2nc(CN3CCC(C)C3)cs2)cc1C(F)(F)F. The third kappa shape index (κ3) is 6.34. The highest BCUT2D eigenvalue weighted by atomic mass is 32.1. The van der Waals surface area contributed by atoms with Gasteiger partial charge in [0.1, 0.15) is 5.75 Å². The second-order valence-electron chi connectivity index (χ2n) is 7.66. The van der Waals surface area contributed by atoms with Crippen molar-refractivity contribution in [2.24, 2.45) is 5.92 Å². The number of alkyl halides is 3. The van der Waals surface area contributed by atoms with Gasteiger partial charge in [0.05, 0.1) is 17.9 Å². The lowest BCUT2D eigenvalue weighted by molar-refractivity contribution is -0.138. The van der Waals surface area contributed by atoms with Crippen LogP contribution in [-0.2, 0) is 12.7 Å². The van der Waals surface area contributed by atoms with Crippen molar-refractivity contribution in [1.29, 1.82) is 0 Å². The maximum atomic E-state index is 13.5. The van der Waals surface area contributed by atoms with Crippen molar-refractivity contribution in [3.63, 3.8) is 0 Å². The molecule has 2 heterocycles. The number of hydrogen-bond donors (Lipinski definition) is 1. The fourth-order valence-electron chi connectivity index (χ4n) is 3.45. The Morgan fingerprint density at radius 2 is 2.14 bits per heavy atom. The number of anilines is 2. The predicted octanol–water partition coefficient (Wildman–Crippen LogP) is 6.32. The van der Waals surface area contributed by atoms with Crippen molar-refractivity contribution >= 4 is 22.2 Å². The van der Waals surface area contributed by atoms with Crippen LogP contribution in [0.25, 0.3) is 0 Å². The summed E-state index contributed by atoms with van der Waals surface area (Å²) >= 11 is 1.40. The Kier molecular flexibility index (Phi) is 7.40. The number of likely N-dealkylation sites (tertiary alicyclic amines) is 1. The Hall–Kier alpha value is -1.80. The molecule has 1 saturated heterocycles. The average Bonchev–Trinajstić information content (AvgIpc) is 3.28. The Bertz CT molecular complexity index is 794. The molecular formula is C21H28F3N3OS. The van der Waals surface area contributed by atoms with Gasteiger partial charge in [0.15, 0.2) is 5.13 Å². The van der Waals surface area contributed by atoms with E-state index in [2.05, 4.69) is 22.1 Å². The van der Waals surface area contributed by atoms with Crippen LogP contribution in [0, 0.1) is 5.92 Å². The van der Waals surface area contributed by atoms with E-state index >= 15 is 0 Å². The molecule has 1 unspecified atom stereocenters. The van der Waals surface area contributed by atoms with Gasteiger partial charge >= 0.3 is 6.18 Å². The fourth-order valence-corrected chi connectivity index (χ4v) is 4.17. The molecule has 29 heavy (non-hydrogen) atoms. The van der Waals surface area contributed by atoms with Crippen molar-refractivity contribution in [3.05, 3.63) is 34.8 Å². The monoisotopic (exact) mass is 427 g/mol. The van der Waals surface area contributed by atoms with E-state index in [1.807, 2.05) is 12.3 Å². The van der Waals surface area contributed by atoms with Crippen molar-refractivity contribution in [1.82, 2.24) is 9.88 Å². The lowest BCUT2D eigenvalue weighted by Crippen LogP contribution is -2.19. The largest absolute Gasteiger partial charge is 0.493 e. The number of nitrogens with one attached hydrogen (secondary N) is 1. The summed E-state index contributed by atoms with van der Waals surface area (Å²) in [4.78, 5) is 6.89. The van der Waals surface area contributed by atoms with Gasteiger partial charge < -0.3 is 10.1 Å². The molecule has 4 nitrogen and oxygen atoms in total. The molecule has 8 heteroatoms. The van der Waals surface area contributed by atoms with Crippen LogP contribution >= 0.6 is 11.3 Å². The van der Waals surface area contributed by atoms with Gasteiger partial charge in [0.2, 0.25) is 0 Å². The van der Waals surface area contributed by atoms with E-state index in [0.29, 0.717) is 16.7 Å². The van der Waals surface area contributed by atoms with E-state index in [1.165, 1.54) is 23.8 Å². The van der Waals surface area contributed by atoms with Crippen molar-refractivity contribution < 1.29 is 17.9 Å². The van der Waals surface area contributed by atoms with Crippen LogP contribution in [0.1, 0.15) is 50.8 Å². The van der Waals surface area contributed by atoms with E-state index < -0.39 is 11.7 Å². The van der Waals surface area contributed by atoms with Gasteiger partial charge in [0, 0.05) is 24.2 Å². The molecule has 0 spiro atoms. The van der Waals surface area contributed by atoms with E-state index in [0.717, 1.165) is 50.7 Å². The number of nitrogens with zero attached hydrogens (tertiary/aromatic N) is 2. The molecule has 0 amide bonds. The summed E-state index contributed by atoms with van der Waals surface area (Å²) in [5, 5.41) is 5.56. The maximum absolute atomic E-state index is 13.5. The van der Waals surface area contributed by atoms with Crippen LogP contribution in [0.15, 0.2) is 23.6 Å². The Balaban J connectivity index is 1.66. The summed E-state index contributed by atoms with van der Waals surface area (Å²) in [6.07, 6.45) is -0.610. The minimum atomic E-state index is -4.47. The molecule has 1 fully saturated rings. The lowest BCUT2D eigenvalue weighted by Gasteiger charge is -2.15. The first-order valence-corrected chi connectivity index (χ1v) is 11.0. The number of rotatable bonds is 9. The highest BCUT2D eigenvalue weighted by Gasteiger charge is 2.34. The number of unbranched alkanes of at least 4 members (excludes halogenated alkanes) is 2. The number of thiazole rings is 1. The Morgan fingerprint density at radius 3 is 2.83 bits per heavy atom. The minimum Gasteiger partial charge on any atom is -0.493 e. The van der Waals surface area contributed by atoms with Crippen LogP contribution in [-0.4, -0.2) is 29.6 Å². The summed E-state index contributed by atoms with van der Waals surface area (Å²) in [6, 6.07) is 4.09. The van der Waals surface area contributed by atoms with Crippen molar-refractivity contribution in [3.8, 4) is 5.75 Å². The van der Waals surface area contributed by atoms with Crippen molar-refractivity contribution in [2.75, 3.05) is 25.0 Å². The first kappa shape index (κ1) is 21.9. The molecule has 0 radical (unpaired) electrons.